The molecule has 0 saturated heterocycles. The van der Waals surface area contributed by atoms with Gasteiger partial charge in [-0.05, 0) is 12.8 Å². The average molecular weight is 124 g/mol. The summed E-state index contributed by atoms with van der Waals surface area (Å²) in [5.41, 5.74) is 0.889. The number of hydrogen-bond donors (Lipinski definition) is 0. The third-order valence-electron chi connectivity index (χ3n) is 1.46. The van der Waals surface area contributed by atoms with Crippen molar-refractivity contribution in [3.8, 4) is 6.07 Å². The van der Waals surface area contributed by atoms with Crippen molar-refractivity contribution in [3.63, 3.8) is 0 Å². The van der Waals surface area contributed by atoms with Gasteiger partial charge in [0.2, 0.25) is 0 Å². The van der Waals surface area contributed by atoms with Crippen molar-refractivity contribution in [2.24, 2.45) is 11.1 Å². The highest BCUT2D eigenvalue weighted by atomic mass is 16.6. The molecule has 0 aromatic heterocycles. The van der Waals surface area contributed by atoms with Crippen LogP contribution in [0.15, 0.2) is 5.16 Å². The van der Waals surface area contributed by atoms with Gasteiger partial charge < -0.3 is 4.84 Å². The third-order valence-corrected chi connectivity index (χ3v) is 1.46. The van der Waals surface area contributed by atoms with Gasteiger partial charge in [-0.2, -0.15) is 5.26 Å². The van der Waals surface area contributed by atoms with E-state index >= 15 is 0 Å². The molecule has 1 aliphatic carbocycles. The van der Waals surface area contributed by atoms with Crippen molar-refractivity contribution in [2.45, 2.75) is 12.8 Å². The van der Waals surface area contributed by atoms with Crippen LogP contribution in [0.1, 0.15) is 12.8 Å². The molecule has 1 unspecified atom stereocenters. The Balaban J connectivity index is 2.47. The van der Waals surface area contributed by atoms with Crippen molar-refractivity contribution in [1.29, 1.82) is 5.26 Å². The van der Waals surface area contributed by atoms with Crippen LogP contribution in [0, 0.1) is 17.2 Å². The number of nitrogens with zero attached hydrogens (tertiary/aromatic N) is 2. The summed E-state index contributed by atoms with van der Waals surface area (Å²) >= 11 is 0. The van der Waals surface area contributed by atoms with E-state index in [1.54, 1.807) is 0 Å². The summed E-state index contributed by atoms with van der Waals surface area (Å²) < 4.78 is 0. The molecule has 9 heavy (non-hydrogen) atoms. The van der Waals surface area contributed by atoms with E-state index in [-0.39, 0.29) is 5.92 Å². The van der Waals surface area contributed by atoms with E-state index in [1.165, 1.54) is 7.11 Å². The maximum atomic E-state index is 8.40. The first-order valence-corrected chi connectivity index (χ1v) is 2.88. The molecule has 1 saturated carbocycles. The molecule has 0 aliphatic heterocycles. The minimum absolute atomic E-state index is 0.0324. The second kappa shape index (κ2) is 2.49. The summed E-state index contributed by atoms with van der Waals surface area (Å²) in [6.07, 6.45) is 1.87. The van der Waals surface area contributed by atoms with Crippen LogP contribution in [0.25, 0.3) is 0 Å². The molecule has 1 aliphatic rings. The van der Waals surface area contributed by atoms with Gasteiger partial charge in [0.05, 0.1) is 17.7 Å². The lowest BCUT2D eigenvalue weighted by atomic mass is 9.84. The van der Waals surface area contributed by atoms with E-state index in [0.29, 0.717) is 0 Å². The Morgan fingerprint density at radius 2 is 2.67 bits per heavy atom. The highest BCUT2D eigenvalue weighted by molar-refractivity contribution is 5.93. The van der Waals surface area contributed by atoms with Crippen LogP contribution in [0.5, 0.6) is 0 Å². The summed E-state index contributed by atoms with van der Waals surface area (Å²) in [4.78, 5) is 4.51. The summed E-state index contributed by atoms with van der Waals surface area (Å²) in [7, 11) is 1.50. The molecule has 0 aromatic carbocycles. The fourth-order valence-corrected chi connectivity index (χ4v) is 0.783. The SMILES string of the molecule is CO/N=C1/CCC1C#N. The van der Waals surface area contributed by atoms with Gasteiger partial charge in [-0.25, -0.2) is 0 Å². The molecule has 48 valence electrons. The summed E-state index contributed by atoms with van der Waals surface area (Å²) in [5, 5.41) is 12.1. The van der Waals surface area contributed by atoms with Crippen LogP contribution >= 0.6 is 0 Å². The summed E-state index contributed by atoms with van der Waals surface area (Å²) in [6.45, 7) is 0. The average Bonchev–Trinajstić information content (AvgIpc) is 1.82. The highest BCUT2D eigenvalue weighted by Gasteiger charge is 2.25. The van der Waals surface area contributed by atoms with Gasteiger partial charge in [0.25, 0.3) is 0 Å². The first-order chi connectivity index (χ1) is 4.38. The Hall–Kier alpha value is -1.04. The Morgan fingerprint density at radius 3 is 3.00 bits per heavy atom. The largest absolute Gasteiger partial charge is 0.399 e. The van der Waals surface area contributed by atoms with Gasteiger partial charge in [-0.15, -0.1) is 0 Å². The Labute approximate surface area is 53.9 Å². The molecule has 3 nitrogen and oxygen atoms in total. The molecule has 1 rings (SSSR count). The van der Waals surface area contributed by atoms with Crippen LogP contribution in [0.2, 0.25) is 0 Å². The zero-order valence-corrected chi connectivity index (χ0v) is 5.29. The van der Waals surface area contributed by atoms with Gasteiger partial charge in [0.1, 0.15) is 7.11 Å². The number of rotatable bonds is 1. The molecule has 0 aromatic rings. The minimum atomic E-state index is 0.0324. The normalized spacial score (nSPS) is 28.9. The smallest absolute Gasteiger partial charge is 0.106 e. The predicted octanol–water partition coefficient (Wildman–Crippen LogP) is 0.922. The van der Waals surface area contributed by atoms with Gasteiger partial charge in [0, 0.05) is 0 Å². The highest BCUT2D eigenvalue weighted by Crippen LogP contribution is 2.22. The second-order valence-electron chi connectivity index (χ2n) is 1.99. The molecule has 0 spiro atoms. The molecule has 0 radical (unpaired) electrons. The Bertz CT molecular complexity index is 168. The number of hydrogen-bond acceptors (Lipinski definition) is 3. The molecule has 0 amide bonds. The van der Waals surface area contributed by atoms with E-state index < -0.39 is 0 Å². The fourth-order valence-electron chi connectivity index (χ4n) is 0.783. The summed E-state index contributed by atoms with van der Waals surface area (Å²) in [6, 6.07) is 2.13. The fraction of sp³-hybridized carbons (Fsp3) is 0.667. The maximum Gasteiger partial charge on any atom is 0.106 e. The van der Waals surface area contributed by atoms with Crippen LogP contribution in [-0.4, -0.2) is 12.8 Å². The Kier molecular flexibility index (Phi) is 1.69. The van der Waals surface area contributed by atoms with Crippen LogP contribution in [0.4, 0.5) is 0 Å². The molecule has 1 atom stereocenters. The summed E-state index contributed by atoms with van der Waals surface area (Å²) in [5.74, 6) is 0.0324. The molecule has 0 bridgehead atoms. The van der Waals surface area contributed by atoms with Gasteiger partial charge in [-0.3, -0.25) is 0 Å². The second-order valence-corrected chi connectivity index (χ2v) is 1.99. The van der Waals surface area contributed by atoms with E-state index in [1.807, 2.05) is 0 Å². The van der Waals surface area contributed by atoms with Crippen molar-refractivity contribution in [2.75, 3.05) is 7.11 Å². The van der Waals surface area contributed by atoms with Gasteiger partial charge in [-0.1, -0.05) is 5.16 Å². The topological polar surface area (TPSA) is 45.4 Å². The van der Waals surface area contributed by atoms with Crippen molar-refractivity contribution in [3.05, 3.63) is 0 Å². The lowest BCUT2D eigenvalue weighted by Gasteiger charge is -2.19. The van der Waals surface area contributed by atoms with E-state index in [4.69, 9.17) is 5.26 Å². The van der Waals surface area contributed by atoms with Crippen LogP contribution < -0.4 is 0 Å². The van der Waals surface area contributed by atoms with Crippen LogP contribution in [-0.2, 0) is 4.84 Å². The zero-order valence-electron chi connectivity index (χ0n) is 5.29. The molecule has 0 N–H and O–H groups in total. The molecule has 1 fully saturated rings. The number of nitriles is 1. The molecular weight excluding hydrogens is 116 g/mol. The van der Waals surface area contributed by atoms with Gasteiger partial charge >= 0.3 is 0 Å². The third kappa shape index (κ3) is 1.02. The maximum absolute atomic E-state index is 8.40. The first kappa shape index (κ1) is 6.09. The van der Waals surface area contributed by atoms with Crippen LogP contribution in [0.3, 0.4) is 0 Å². The lowest BCUT2D eigenvalue weighted by Crippen LogP contribution is -2.24. The molecular formula is C6H8N2O. The van der Waals surface area contributed by atoms with Gasteiger partial charge in [0.15, 0.2) is 0 Å². The monoisotopic (exact) mass is 124 g/mol. The Morgan fingerprint density at radius 1 is 1.89 bits per heavy atom. The number of oxime groups is 1. The minimum Gasteiger partial charge on any atom is -0.399 e. The van der Waals surface area contributed by atoms with E-state index in [2.05, 4.69) is 16.1 Å². The van der Waals surface area contributed by atoms with E-state index in [9.17, 15) is 0 Å². The predicted molar refractivity (Wildman–Crippen MR) is 32.8 cm³/mol. The molecule has 0 heterocycles. The van der Waals surface area contributed by atoms with E-state index in [0.717, 1.165) is 18.6 Å². The quantitative estimate of drug-likeness (QED) is 0.488. The van der Waals surface area contributed by atoms with Crippen molar-refractivity contribution >= 4 is 5.71 Å². The molecule has 3 heteroatoms. The lowest BCUT2D eigenvalue weighted by molar-refractivity contribution is 0.208. The van der Waals surface area contributed by atoms with Crippen molar-refractivity contribution in [1.82, 2.24) is 0 Å². The first-order valence-electron chi connectivity index (χ1n) is 2.88. The zero-order chi connectivity index (χ0) is 6.69. The van der Waals surface area contributed by atoms with Crippen molar-refractivity contribution < 1.29 is 4.84 Å². The standard InChI is InChI=1S/C6H8N2O/c1-9-8-6-3-2-5(6)4-7/h5H,2-3H2,1H3/b8-6-.